The second-order valence-electron chi connectivity index (χ2n) is 4.65. The fourth-order valence-corrected chi connectivity index (χ4v) is 2.45. The molecule has 1 aromatic rings. The van der Waals surface area contributed by atoms with Gasteiger partial charge in [0.05, 0.1) is 17.2 Å². The molecule has 18 heavy (non-hydrogen) atoms. The monoisotopic (exact) mass is 333 g/mol. The van der Waals surface area contributed by atoms with E-state index in [0.717, 1.165) is 35.8 Å². The molecule has 102 valence electrons. The molecule has 2 nitrogen and oxygen atoms in total. The molecule has 0 aliphatic carbocycles. The summed E-state index contributed by atoms with van der Waals surface area (Å²) in [4.78, 5) is 0. The predicted molar refractivity (Wildman–Crippen MR) is 82.4 cm³/mol. The average molecular weight is 335 g/mol. The van der Waals surface area contributed by atoms with Gasteiger partial charge in [0.15, 0.2) is 0 Å². The zero-order valence-corrected chi connectivity index (χ0v) is 13.3. The number of hydrogen-bond donors (Lipinski definition) is 2. The van der Waals surface area contributed by atoms with E-state index in [1.165, 1.54) is 0 Å². The van der Waals surface area contributed by atoms with Crippen LogP contribution in [-0.2, 0) is 0 Å². The maximum atomic E-state index is 9.69. The third kappa shape index (κ3) is 4.15. The van der Waals surface area contributed by atoms with E-state index in [0.29, 0.717) is 5.02 Å². The van der Waals surface area contributed by atoms with Crippen molar-refractivity contribution in [2.45, 2.75) is 45.1 Å². The van der Waals surface area contributed by atoms with Crippen molar-refractivity contribution in [1.82, 2.24) is 0 Å². The van der Waals surface area contributed by atoms with Crippen LogP contribution >= 0.6 is 27.5 Å². The lowest BCUT2D eigenvalue weighted by Gasteiger charge is -2.33. The van der Waals surface area contributed by atoms with Crippen LogP contribution in [0.25, 0.3) is 0 Å². The summed E-state index contributed by atoms with van der Waals surface area (Å²) in [5, 5.41) is 13.8. The van der Waals surface area contributed by atoms with E-state index in [1.807, 2.05) is 18.2 Å². The van der Waals surface area contributed by atoms with Crippen LogP contribution in [0.1, 0.15) is 39.5 Å². The van der Waals surface area contributed by atoms with Crippen LogP contribution in [0.2, 0.25) is 5.02 Å². The molecule has 0 saturated heterocycles. The lowest BCUT2D eigenvalue weighted by atomic mass is 9.90. The number of halogens is 2. The minimum atomic E-state index is -0.233. The third-order valence-corrected chi connectivity index (χ3v) is 4.53. The normalized spacial score (nSPS) is 14.3. The van der Waals surface area contributed by atoms with Crippen molar-refractivity contribution in [3.05, 3.63) is 27.7 Å². The van der Waals surface area contributed by atoms with Gasteiger partial charge in [-0.25, -0.2) is 0 Å². The summed E-state index contributed by atoms with van der Waals surface area (Å²) in [6, 6.07) is 5.75. The van der Waals surface area contributed by atoms with E-state index in [4.69, 9.17) is 11.6 Å². The van der Waals surface area contributed by atoms with Gasteiger partial charge in [0.2, 0.25) is 0 Å². The molecule has 4 heteroatoms. The summed E-state index contributed by atoms with van der Waals surface area (Å²) in [6.45, 7) is 4.41. The molecule has 1 atom stereocenters. The highest BCUT2D eigenvalue weighted by Gasteiger charge is 2.26. The van der Waals surface area contributed by atoms with E-state index < -0.39 is 0 Å². The maximum absolute atomic E-state index is 9.69. The molecule has 2 N–H and O–H groups in total. The summed E-state index contributed by atoms with van der Waals surface area (Å²) in [6.07, 6.45) is 4.10. The molecule has 0 aliphatic heterocycles. The Morgan fingerprint density at radius 2 is 2.11 bits per heavy atom. The lowest BCUT2D eigenvalue weighted by Crippen LogP contribution is -2.41. The Morgan fingerprint density at radius 1 is 1.39 bits per heavy atom. The largest absolute Gasteiger partial charge is 0.394 e. The van der Waals surface area contributed by atoms with Gasteiger partial charge in [-0.05, 0) is 47.0 Å². The van der Waals surface area contributed by atoms with Crippen LogP contribution in [0, 0.1) is 0 Å². The van der Waals surface area contributed by atoms with Crippen LogP contribution in [-0.4, -0.2) is 17.3 Å². The van der Waals surface area contributed by atoms with E-state index in [9.17, 15) is 5.11 Å². The number of benzene rings is 1. The zero-order chi connectivity index (χ0) is 13.6. The number of rotatable bonds is 7. The minimum Gasteiger partial charge on any atom is -0.394 e. The number of unbranched alkanes of at least 4 members (excludes halogenated alkanes) is 1. The molecule has 0 bridgehead atoms. The standard InChI is InChI=1S/C14H21BrClNO/c1-3-5-8-14(4-2,10-18)17-11-6-7-13(16)12(15)9-11/h6-7,9,17-18H,3-5,8,10H2,1-2H3. The maximum Gasteiger partial charge on any atom is 0.0661 e. The van der Waals surface area contributed by atoms with Gasteiger partial charge in [0, 0.05) is 10.2 Å². The molecular weight excluding hydrogens is 314 g/mol. The lowest BCUT2D eigenvalue weighted by molar-refractivity contribution is 0.195. The summed E-state index contributed by atoms with van der Waals surface area (Å²) >= 11 is 9.39. The zero-order valence-electron chi connectivity index (χ0n) is 11.0. The van der Waals surface area contributed by atoms with Gasteiger partial charge in [0.25, 0.3) is 0 Å². The van der Waals surface area contributed by atoms with Gasteiger partial charge in [0.1, 0.15) is 0 Å². The van der Waals surface area contributed by atoms with Crippen LogP contribution < -0.4 is 5.32 Å². The molecule has 1 unspecified atom stereocenters. The topological polar surface area (TPSA) is 32.3 Å². The van der Waals surface area contributed by atoms with Crippen molar-refractivity contribution >= 4 is 33.2 Å². The first-order valence-corrected chi connectivity index (χ1v) is 7.58. The van der Waals surface area contributed by atoms with Gasteiger partial charge in [-0.3, -0.25) is 0 Å². The Labute approximate surface area is 123 Å². The number of hydrogen-bond acceptors (Lipinski definition) is 2. The highest BCUT2D eigenvalue weighted by molar-refractivity contribution is 9.10. The smallest absolute Gasteiger partial charge is 0.0661 e. The highest BCUT2D eigenvalue weighted by atomic mass is 79.9. The van der Waals surface area contributed by atoms with Crippen LogP contribution in [0.5, 0.6) is 0 Å². The molecule has 0 radical (unpaired) electrons. The molecular formula is C14H21BrClNO. The SMILES string of the molecule is CCCCC(CC)(CO)Nc1ccc(Cl)c(Br)c1. The second kappa shape index (κ2) is 7.37. The van der Waals surface area contributed by atoms with E-state index in [1.54, 1.807) is 0 Å². The Kier molecular flexibility index (Phi) is 6.47. The number of aliphatic hydroxyl groups excluding tert-OH is 1. The Morgan fingerprint density at radius 3 is 2.61 bits per heavy atom. The predicted octanol–water partition coefficient (Wildman–Crippen LogP) is 4.85. The first-order chi connectivity index (χ1) is 8.56. The van der Waals surface area contributed by atoms with Gasteiger partial charge >= 0.3 is 0 Å². The van der Waals surface area contributed by atoms with Crippen LogP contribution in [0.3, 0.4) is 0 Å². The Balaban J connectivity index is 2.84. The van der Waals surface area contributed by atoms with E-state index >= 15 is 0 Å². The van der Waals surface area contributed by atoms with Crippen LogP contribution in [0.15, 0.2) is 22.7 Å². The van der Waals surface area contributed by atoms with Crippen molar-refractivity contribution < 1.29 is 5.11 Å². The summed E-state index contributed by atoms with van der Waals surface area (Å²) in [7, 11) is 0. The summed E-state index contributed by atoms with van der Waals surface area (Å²) in [5.41, 5.74) is 0.752. The van der Waals surface area contributed by atoms with Gasteiger partial charge < -0.3 is 10.4 Å². The molecule has 0 aliphatic rings. The van der Waals surface area contributed by atoms with Crippen molar-refractivity contribution in [2.75, 3.05) is 11.9 Å². The molecule has 0 aromatic heterocycles. The van der Waals surface area contributed by atoms with Gasteiger partial charge in [-0.15, -0.1) is 0 Å². The Bertz CT molecular complexity index is 380. The molecule has 1 aromatic carbocycles. The van der Waals surface area contributed by atoms with Crippen LogP contribution in [0.4, 0.5) is 5.69 Å². The van der Waals surface area contributed by atoms with Crippen molar-refractivity contribution in [2.24, 2.45) is 0 Å². The minimum absolute atomic E-state index is 0.143. The molecule has 0 saturated carbocycles. The average Bonchev–Trinajstić information content (AvgIpc) is 2.39. The fourth-order valence-electron chi connectivity index (χ4n) is 1.95. The van der Waals surface area contributed by atoms with Gasteiger partial charge in [-0.2, -0.15) is 0 Å². The number of nitrogens with one attached hydrogen (secondary N) is 1. The number of aliphatic hydroxyl groups is 1. The second-order valence-corrected chi connectivity index (χ2v) is 5.91. The first kappa shape index (κ1) is 15.8. The Hall–Kier alpha value is -0.250. The molecule has 0 spiro atoms. The summed E-state index contributed by atoms with van der Waals surface area (Å²) < 4.78 is 0.868. The van der Waals surface area contributed by atoms with Crippen molar-refractivity contribution in [3.63, 3.8) is 0 Å². The van der Waals surface area contributed by atoms with Gasteiger partial charge in [-0.1, -0.05) is 38.3 Å². The third-order valence-electron chi connectivity index (χ3n) is 3.32. The van der Waals surface area contributed by atoms with E-state index in [2.05, 4.69) is 35.1 Å². The molecule has 0 heterocycles. The van der Waals surface area contributed by atoms with Crippen molar-refractivity contribution in [3.8, 4) is 0 Å². The summed E-state index contributed by atoms with van der Waals surface area (Å²) in [5.74, 6) is 0. The highest BCUT2D eigenvalue weighted by Crippen LogP contribution is 2.29. The van der Waals surface area contributed by atoms with Crippen molar-refractivity contribution in [1.29, 1.82) is 0 Å². The molecule has 0 amide bonds. The van der Waals surface area contributed by atoms with E-state index in [-0.39, 0.29) is 12.1 Å². The first-order valence-electron chi connectivity index (χ1n) is 6.41. The molecule has 1 rings (SSSR count). The quantitative estimate of drug-likeness (QED) is 0.747. The molecule has 0 fully saturated rings. The fraction of sp³-hybridized carbons (Fsp3) is 0.571. The number of anilines is 1.